The second kappa shape index (κ2) is 8.52. The average molecular weight is 467 g/mol. The molecule has 1 aliphatic heterocycles. The van der Waals surface area contributed by atoms with Crippen LogP contribution in [0.2, 0.25) is 0 Å². The summed E-state index contributed by atoms with van der Waals surface area (Å²) < 4.78 is 13.2. The highest BCUT2D eigenvalue weighted by molar-refractivity contribution is 5.97. The number of rotatable bonds is 5. The highest BCUT2D eigenvalue weighted by atomic mass is 16.5. The Morgan fingerprint density at radius 1 is 1.00 bits per heavy atom. The number of ether oxygens (including phenoxy) is 2. The summed E-state index contributed by atoms with van der Waals surface area (Å²) in [5, 5.41) is 15.4. The van der Waals surface area contributed by atoms with E-state index in [-0.39, 0.29) is 6.04 Å². The van der Waals surface area contributed by atoms with Gasteiger partial charge in [-0.3, -0.25) is 4.40 Å². The summed E-state index contributed by atoms with van der Waals surface area (Å²) in [5.74, 6) is 1.83. The van der Waals surface area contributed by atoms with Crippen LogP contribution in [-0.4, -0.2) is 48.2 Å². The number of anilines is 3. The summed E-state index contributed by atoms with van der Waals surface area (Å²) in [7, 11) is 0. The van der Waals surface area contributed by atoms with Gasteiger partial charge in [0, 0.05) is 22.8 Å². The van der Waals surface area contributed by atoms with Gasteiger partial charge in [-0.15, -0.1) is 10.2 Å². The lowest BCUT2D eigenvalue weighted by Crippen LogP contribution is -2.11. The second-order valence-electron chi connectivity index (χ2n) is 8.20. The van der Waals surface area contributed by atoms with Crippen LogP contribution >= 0.6 is 0 Å². The van der Waals surface area contributed by atoms with E-state index in [1.54, 1.807) is 29.4 Å². The summed E-state index contributed by atoms with van der Waals surface area (Å²) in [4.78, 5) is 17.6. The number of amidine groups is 1. The van der Waals surface area contributed by atoms with Crippen molar-refractivity contribution < 1.29 is 9.47 Å². The molecule has 1 atom stereocenters. The Labute approximate surface area is 199 Å². The van der Waals surface area contributed by atoms with Crippen LogP contribution in [0.3, 0.4) is 0 Å². The maximum atomic E-state index is 5.97. The maximum absolute atomic E-state index is 5.97. The van der Waals surface area contributed by atoms with Crippen LogP contribution in [0, 0.1) is 6.92 Å². The van der Waals surface area contributed by atoms with Crippen molar-refractivity contribution in [2.75, 3.05) is 17.2 Å². The molecule has 2 N–H and O–H groups in total. The number of benzene rings is 2. The van der Waals surface area contributed by atoms with Gasteiger partial charge in [0.05, 0.1) is 11.6 Å². The molecule has 0 unspecified atom stereocenters. The van der Waals surface area contributed by atoms with Crippen LogP contribution in [0.4, 0.5) is 17.2 Å². The molecule has 3 aromatic heterocycles. The summed E-state index contributed by atoms with van der Waals surface area (Å²) in [6.45, 7) is 4.56. The molecule has 2 aromatic carbocycles. The zero-order valence-electron chi connectivity index (χ0n) is 19.0. The molecule has 0 radical (unpaired) electrons. The predicted molar refractivity (Wildman–Crippen MR) is 131 cm³/mol. The SMILES string of the molecule is Cc1cc(Nc2ncnc3ccc(NC4=N[C@@H](C)CO4)cc23)ccc1Oc1cc2nncn2cn1. The van der Waals surface area contributed by atoms with Crippen LogP contribution < -0.4 is 15.4 Å². The van der Waals surface area contributed by atoms with Crippen molar-refractivity contribution in [1.29, 1.82) is 0 Å². The van der Waals surface area contributed by atoms with Crippen molar-refractivity contribution >= 4 is 39.8 Å². The third-order valence-corrected chi connectivity index (χ3v) is 5.50. The first kappa shape index (κ1) is 20.8. The summed E-state index contributed by atoms with van der Waals surface area (Å²) in [6.07, 6.45) is 4.75. The number of hydrogen-bond donors (Lipinski definition) is 2. The molecule has 5 aromatic rings. The highest BCUT2D eigenvalue weighted by Gasteiger charge is 2.15. The molecule has 0 bridgehead atoms. The Morgan fingerprint density at radius 2 is 1.89 bits per heavy atom. The van der Waals surface area contributed by atoms with E-state index in [0.717, 1.165) is 27.8 Å². The minimum atomic E-state index is 0.148. The Kier molecular flexibility index (Phi) is 5.06. The fourth-order valence-corrected chi connectivity index (χ4v) is 3.76. The Morgan fingerprint density at radius 3 is 2.74 bits per heavy atom. The Hall–Kier alpha value is -4.80. The third-order valence-electron chi connectivity index (χ3n) is 5.50. The molecule has 4 heterocycles. The van der Waals surface area contributed by atoms with E-state index in [1.807, 2.05) is 50.2 Å². The fourth-order valence-electron chi connectivity index (χ4n) is 3.76. The van der Waals surface area contributed by atoms with Crippen LogP contribution in [0.15, 0.2) is 66.4 Å². The quantitative estimate of drug-likeness (QED) is 0.393. The number of aromatic nitrogens is 6. The van der Waals surface area contributed by atoms with Gasteiger partial charge in [-0.05, 0) is 55.8 Å². The first-order valence-electron chi connectivity index (χ1n) is 11.0. The van der Waals surface area contributed by atoms with Crippen molar-refractivity contribution in [2.45, 2.75) is 19.9 Å². The maximum Gasteiger partial charge on any atom is 0.289 e. The topological polar surface area (TPSA) is 124 Å². The first-order chi connectivity index (χ1) is 17.1. The predicted octanol–water partition coefficient (Wildman–Crippen LogP) is 4.10. The molecule has 0 saturated carbocycles. The molecule has 174 valence electrons. The summed E-state index contributed by atoms with van der Waals surface area (Å²) in [5.41, 5.74) is 4.13. The average Bonchev–Trinajstić information content (AvgIpc) is 3.49. The summed E-state index contributed by atoms with van der Waals surface area (Å²) >= 11 is 0. The van der Waals surface area contributed by atoms with Gasteiger partial charge in [-0.25, -0.2) is 19.9 Å². The molecular formula is C24H21N9O2. The normalized spacial score (nSPS) is 15.1. The van der Waals surface area contributed by atoms with E-state index in [0.29, 0.717) is 35.7 Å². The minimum Gasteiger partial charge on any atom is -0.463 e. The van der Waals surface area contributed by atoms with Gasteiger partial charge in [0.15, 0.2) is 5.65 Å². The molecule has 0 aliphatic carbocycles. The van der Waals surface area contributed by atoms with Crippen molar-refractivity contribution in [3.8, 4) is 11.6 Å². The lowest BCUT2D eigenvalue weighted by molar-refractivity contribution is 0.322. The van der Waals surface area contributed by atoms with E-state index >= 15 is 0 Å². The van der Waals surface area contributed by atoms with Crippen LogP contribution in [0.1, 0.15) is 12.5 Å². The number of aliphatic imine (C=N–C) groups is 1. The van der Waals surface area contributed by atoms with E-state index < -0.39 is 0 Å². The lowest BCUT2D eigenvalue weighted by Gasteiger charge is -2.13. The monoisotopic (exact) mass is 467 g/mol. The van der Waals surface area contributed by atoms with E-state index in [1.165, 1.54) is 0 Å². The van der Waals surface area contributed by atoms with Crippen LogP contribution in [0.5, 0.6) is 11.6 Å². The van der Waals surface area contributed by atoms with Gasteiger partial charge in [-0.1, -0.05) is 0 Å². The van der Waals surface area contributed by atoms with Gasteiger partial charge < -0.3 is 20.1 Å². The van der Waals surface area contributed by atoms with Crippen molar-refractivity contribution in [2.24, 2.45) is 4.99 Å². The minimum absolute atomic E-state index is 0.148. The van der Waals surface area contributed by atoms with Crippen molar-refractivity contribution in [1.82, 2.24) is 29.5 Å². The number of nitrogens with one attached hydrogen (secondary N) is 2. The fraction of sp³-hybridized carbons (Fsp3) is 0.167. The Bertz CT molecular complexity index is 1580. The molecular weight excluding hydrogens is 446 g/mol. The van der Waals surface area contributed by atoms with Crippen molar-refractivity contribution in [3.63, 3.8) is 0 Å². The molecule has 11 heteroatoms. The molecule has 35 heavy (non-hydrogen) atoms. The smallest absolute Gasteiger partial charge is 0.289 e. The molecule has 11 nitrogen and oxygen atoms in total. The van der Waals surface area contributed by atoms with Gasteiger partial charge in [0.1, 0.15) is 37.2 Å². The highest BCUT2D eigenvalue weighted by Crippen LogP contribution is 2.30. The zero-order valence-corrected chi connectivity index (χ0v) is 19.0. The van der Waals surface area contributed by atoms with E-state index in [2.05, 4.69) is 40.8 Å². The Balaban J connectivity index is 1.24. The standard InChI is InChI=1S/C24H21N9O2/c1-14-7-16(4-6-20(14)35-22-9-21-32-28-13-33(21)12-27-22)30-23-18-8-17(3-5-19(18)25-11-26-23)31-24-29-15(2)10-34-24/h3-9,11-13,15H,10H2,1-2H3,(H,29,31)(H,25,26,30)/t15-/m0/s1. The molecule has 0 amide bonds. The van der Waals surface area contributed by atoms with Crippen LogP contribution in [-0.2, 0) is 4.74 Å². The van der Waals surface area contributed by atoms with Gasteiger partial charge in [0.25, 0.3) is 6.02 Å². The summed E-state index contributed by atoms with van der Waals surface area (Å²) in [6, 6.07) is 14.1. The molecule has 0 saturated heterocycles. The number of nitrogens with zero attached hydrogens (tertiary/aromatic N) is 7. The van der Waals surface area contributed by atoms with Gasteiger partial charge in [-0.2, -0.15) is 0 Å². The van der Waals surface area contributed by atoms with Gasteiger partial charge >= 0.3 is 0 Å². The molecule has 1 aliphatic rings. The number of fused-ring (bicyclic) bond motifs is 2. The molecule has 0 fully saturated rings. The van der Waals surface area contributed by atoms with Crippen LogP contribution in [0.25, 0.3) is 16.6 Å². The van der Waals surface area contributed by atoms with E-state index in [9.17, 15) is 0 Å². The second-order valence-corrected chi connectivity index (χ2v) is 8.20. The van der Waals surface area contributed by atoms with Gasteiger partial charge in [0.2, 0.25) is 5.88 Å². The third kappa shape index (κ3) is 4.26. The van der Waals surface area contributed by atoms with Crippen molar-refractivity contribution in [3.05, 3.63) is 67.0 Å². The number of aryl methyl sites for hydroxylation is 1. The molecule has 0 spiro atoms. The first-order valence-corrected chi connectivity index (χ1v) is 11.0. The molecule has 6 rings (SSSR count). The number of hydrogen-bond acceptors (Lipinski definition) is 10. The van der Waals surface area contributed by atoms with E-state index in [4.69, 9.17) is 9.47 Å². The largest absolute Gasteiger partial charge is 0.463 e. The zero-order chi connectivity index (χ0) is 23.8. The lowest BCUT2D eigenvalue weighted by atomic mass is 10.1.